The van der Waals surface area contributed by atoms with E-state index in [4.69, 9.17) is 4.74 Å². The van der Waals surface area contributed by atoms with Gasteiger partial charge in [-0.3, -0.25) is 14.4 Å². The van der Waals surface area contributed by atoms with E-state index in [1.165, 1.54) is 11.0 Å². The predicted octanol–water partition coefficient (Wildman–Crippen LogP) is 1.62. The molecule has 0 unspecified atom stereocenters. The Morgan fingerprint density at radius 1 is 1.47 bits per heavy atom. The number of aromatic nitrogens is 3. The van der Waals surface area contributed by atoms with Crippen LogP contribution in [-0.2, 0) is 7.05 Å². The number of hydrogen-bond acceptors (Lipinski definition) is 4. The number of ether oxygens (including phenoxy) is 1. The SMILES string of the molecule is Cn1cnc(C(=O)N2CCOc3cc(Br)ccc32)n1. The molecular formula is C12H11BrN4O2. The third kappa shape index (κ3) is 2.21. The Morgan fingerprint density at radius 3 is 3.05 bits per heavy atom. The largest absolute Gasteiger partial charge is 0.489 e. The first kappa shape index (κ1) is 12.2. The van der Waals surface area contributed by atoms with E-state index in [0.717, 1.165) is 10.2 Å². The molecular weight excluding hydrogens is 312 g/mol. The molecule has 19 heavy (non-hydrogen) atoms. The maximum absolute atomic E-state index is 12.4. The van der Waals surface area contributed by atoms with Gasteiger partial charge in [0.1, 0.15) is 18.7 Å². The first-order valence-electron chi connectivity index (χ1n) is 5.75. The topological polar surface area (TPSA) is 60.2 Å². The van der Waals surface area contributed by atoms with Crippen molar-refractivity contribution in [1.82, 2.24) is 14.8 Å². The van der Waals surface area contributed by atoms with Crippen LogP contribution in [0.4, 0.5) is 5.69 Å². The van der Waals surface area contributed by atoms with Gasteiger partial charge in [-0.2, -0.15) is 0 Å². The van der Waals surface area contributed by atoms with Crippen molar-refractivity contribution in [3.8, 4) is 5.75 Å². The number of fused-ring (bicyclic) bond motifs is 1. The number of aryl methyl sites for hydroxylation is 1. The van der Waals surface area contributed by atoms with Crippen molar-refractivity contribution in [2.24, 2.45) is 7.05 Å². The Labute approximate surface area is 118 Å². The summed E-state index contributed by atoms with van der Waals surface area (Å²) in [5.41, 5.74) is 0.743. The van der Waals surface area contributed by atoms with Crippen LogP contribution in [0.1, 0.15) is 10.6 Å². The summed E-state index contributed by atoms with van der Waals surface area (Å²) in [6.45, 7) is 0.952. The molecule has 0 N–H and O–H groups in total. The highest BCUT2D eigenvalue weighted by Crippen LogP contribution is 2.34. The zero-order chi connectivity index (χ0) is 13.4. The third-order valence-electron chi connectivity index (χ3n) is 2.82. The lowest BCUT2D eigenvalue weighted by Gasteiger charge is -2.28. The van der Waals surface area contributed by atoms with Crippen LogP contribution in [0, 0.1) is 0 Å². The second-order valence-corrected chi connectivity index (χ2v) is 5.07. The molecule has 3 rings (SSSR count). The Bertz CT molecular complexity index is 640. The quantitative estimate of drug-likeness (QED) is 0.800. The van der Waals surface area contributed by atoms with Crippen LogP contribution in [0.5, 0.6) is 5.75 Å². The standard InChI is InChI=1S/C12H11BrN4O2/c1-16-7-14-11(15-16)12(18)17-4-5-19-10-6-8(13)2-3-9(10)17/h2-3,6-7H,4-5H2,1H3. The zero-order valence-corrected chi connectivity index (χ0v) is 11.8. The van der Waals surface area contributed by atoms with Crippen LogP contribution in [0.3, 0.4) is 0 Å². The van der Waals surface area contributed by atoms with E-state index in [1.807, 2.05) is 18.2 Å². The zero-order valence-electron chi connectivity index (χ0n) is 10.2. The number of benzene rings is 1. The maximum atomic E-state index is 12.4. The molecule has 0 radical (unpaired) electrons. The van der Waals surface area contributed by atoms with Crippen molar-refractivity contribution in [2.75, 3.05) is 18.1 Å². The monoisotopic (exact) mass is 322 g/mol. The molecule has 1 aliphatic rings. The summed E-state index contributed by atoms with van der Waals surface area (Å²) in [6, 6.07) is 5.57. The molecule has 98 valence electrons. The Kier molecular flexibility index (Phi) is 2.98. The van der Waals surface area contributed by atoms with E-state index in [0.29, 0.717) is 18.9 Å². The normalized spacial score (nSPS) is 13.9. The van der Waals surface area contributed by atoms with Gasteiger partial charge in [0.15, 0.2) is 0 Å². The number of amides is 1. The van der Waals surface area contributed by atoms with Crippen molar-refractivity contribution in [3.63, 3.8) is 0 Å². The molecule has 0 spiro atoms. The van der Waals surface area contributed by atoms with Gasteiger partial charge in [0.05, 0.1) is 12.2 Å². The van der Waals surface area contributed by atoms with E-state index in [1.54, 1.807) is 11.9 Å². The average Bonchev–Trinajstić information content (AvgIpc) is 2.83. The average molecular weight is 323 g/mol. The van der Waals surface area contributed by atoms with E-state index in [9.17, 15) is 4.79 Å². The molecule has 2 heterocycles. The lowest BCUT2D eigenvalue weighted by molar-refractivity contribution is 0.0966. The van der Waals surface area contributed by atoms with Gasteiger partial charge < -0.3 is 4.74 Å². The summed E-state index contributed by atoms with van der Waals surface area (Å²) in [5.74, 6) is 0.663. The molecule has 1 aliphatic heterocycles. The van der Waals surface area contributed by atoms with E-state index in [2.05, 4.69) is 26.0 Å². The molecule has 0 saturated carbocycles. The van der Waals surface area contributed by atoms with Gasteiger partial charge in [-0.15, -0.1) is 5.10 Å². The summed E-state index contributed by atoms with van der Waals surface area (Å²) in [6.07, 6.45) is 1.51. The molecule has 1 aromatic carbocycles. The molecule has 0 fully saturated rings. The van der Waals surface area contributed by atoms with Crippen LogP contribution in [0.25, 0.3) is 0 Å². The second kappa shape index (κ2) is 4.65. The fourth-order valence-corrected chi connectivity index (χ4v) is 2.30. The molecule has 0 atom stereocenters. The Morgan fingerprint density at radius 2 is 2.32 bits per heavy atom. The van der Waals surface area contributed by atoms with Gasteiger partial charge in [-0.1, -0.05) is 15.9 Å². The molecule has 0 bridgehead atoms. The predicted molar refractivity (Wildman–Crippen MR) is 72.3 cm³/mol. The van der Waals surface area contributed by atoms with Gasteiger partial charge >= 0.3 is 0 Å². The highest BCUT2D eigenvalue weighted by molar-refractivity contribution is 9.10. The number of carbonyl (C=O) groups is 1. The number of rotatable bonds is 1. The summed E-state index contributed by atoms with van der Waals surface area (Å²) >= 11 is 3.38. The Hall–Kier alpha value is -1.89. The van der Waals surface area contributed by atoms with Gasteiger partial charge in [0.2, 0.25) is 5.82 Å². The van der Waals surface area contributed by atoms with Crippen LogP contribution >= 0.6 is 15.9 Å². The van der Waals surface area contributed by atoms with Crippen molar-refractivity contribution in [1.29, 1.82) is 0 Å². The van der Waals surface area contributed by atoms with Gasteiger partial charge in [0, 0.05) is 11.5 Å². The highest BCUT2D eigenvalue weighted by atomic mass is 79.9. The first-order chi connectivity index (χ1) is 9.15. The summed E-state index contributed by atoms with van der Waals surface area (Å²) in [4.78, 5) is 18.0. The first-order valence-corrected chi connectivity index (χ1v) is 6.54. The maximum Gasteiger partial charge on any atom is 0.298 e. The molecule has 7 heteroatoms. The minimum Gasteiger partial charge on any atom is -0.489 e. The number of halogens is 1. The molecule has 1 aromatic heterocycles. The van der Waals surface area contributed by atoms with Crippen molar-refractivity contribution < 1.29 is 9.53 Å². The molecule has 1 amide bonds. The van der Waals surface area contributed by atoms with Crippen LogP contribution in [0.15, 0.2) is 29.0 Å². The van der Waals surface area contributed by atoms with Gasteiger partial charge in [0.25, 0.3) is 5.91 Å². The van der Waals surface area contributed by atoms with E-state index in [-0.39, 0.29) is 11.7 Å². The van der Waals surface area contributed by atoms with Crippen molar-refractivity contribution in [3.05, 3.63) is 34.8 Å². The number of anilines is 1. The second-order valence-electron chi connectivity index (χ2n) is 4.16. The molecule has 2 aromatic rings. The fourth-order valence-electron chi connectivity index (χ4n) is 1.96. The molecule has 6 nitrogen and oxygen atoms in total. The lowest BCUT2D eigenvalue weighted by Crippen LogP contribution is -2.38. The van der Waals surface area contributed by atoms with Crippen molar-refractivity contribution in [2.45, 2.75) is 0 Å². The molecule has 0 saturated heterocycles. The van der Waals surface area contributed by atoms with E-state index >= 15 is 0 Å². The third-order valence-corrected chi connectivity index (χ3v) is 3.31. The summed E-state index contributed by atoms with van der Waals surface area (Å²) in [7, 11) is 1.73. The van der Waals surface area contributed by atoms with Crippen LogP contribution in [0.2, 0.25) is 0 Å². The summed E-state index contributed by atoms with van der Waals surface area (Å²) in [5, 5.41) is 4.04. The van der Waals surface area contributed by atoms with Crippen LogP contribution in [-0.4, -0.2) is 33.8 Å². The summed E-state index contributed by atoms with van der Waals surface area (Å²) < 4.78 is 7.98. The highest BCUT2D eigenvalue weighted by Gasteiger charge is 2.27. The fraction of sp³-hybridized carbons (Fsp3) is 0.250. The molecule has 0 aliphatic carbocycles. The van der Waals surface area contributed by atoms with E-state index < -0.39 is 0 Å². The number of hydrogen-bond donors (Lipinski definition) is 0. The minimum atomic E-state index is -0.215. The Balaban J connectivity index is 1.97. The number of nitrogens with zero attached hydrogens (tertiary/aromatic N) is 4. The van der Waals surface area contributed by atoms with Gasteiger partial charge in [-0.25, -0.2) is 4.98 Å². The number of carbonyl (C=O) groups excluding carboxylic acids is 1. The van der Waals surface area contributed by atoms with Crippen molar-refractivity contribution >= 4 is 27.5 Å². The minimum absolute atomic E-state index is 0.193. The lowest BCUT2D eigenvalue weighted by atomic mass is 10.2. The van der Waals surface area contributed by atoms with Crippen LogP contribution < -0.4 is 9.64 Å². The van der Waals surface area contributed by atoms with Gasteiger partial charge in [-0.05, 0) is 18.2 Å². The smallest absolute Gasteiger partial charge is 0.298 e.